The number of aromatic nitrogens is 1. The van der Waals surface area contributed by atoms with Crippen molar-refractivity contribution in [3.8, 4) is 0 Å². The number of aryl methyl sites for hydroxylation is 1. The lowest BCUT2D eigenvalue weighted by Crippen LogP contribution is -2.30. The molecular weight excluding hydrogens is 230 g/mol. The molecule has 1 fully saturated rings. The van der Waals surface area contributed by atoms with Gasteiger partial charge in [0.15, 0.2) is 5.58 Å². The Bertz CT molecular complexity index is 608. The minimum absolute atomic E-state index is 0.310. The standard InChI is InChI=1S/C13H17N3O2/c1-16-11-6-9(2-3-12(11)18-13(16)17)7-15-10-4-5-14-8-10/h2-3,6,10,14-15H,4-5,7-8H2,1H3. The highest BCUT2D eigenvalue weighted by atomic mass is 16.4. The Hall–Kier alpha value is -1.59. The molecule has 1 aromatic heterocycles. The average molecular weight is 247 g/mol. The van der Waals surface area contributed by atoms with Gasteiger partial charge in [0.25, 0.3) is 0 Å². The summed E-state index contributed by atoms with van der Waals surface area (Å²) in [5.74, 6) is -0.310. The Morgan fingerprint density at radius 1 is 1.56 bits per heavy atom. The Balaban J connectivity index is 1.79. The number of benzene rings is 1. The van der Waals surface area contributed by atoms with E-state index in [1.165, 1.54) is 16.6 Å². The maximum atomic E-state index is 11.4. The Morgan fingerprint density at radius 3 is 3.22 bits per heavy atom. The van der Waals surface area contributed by atoms with Crippen LogP contribution < -0.4 is 16.4 Å². The molecule has 0 saturated carbocycles. The van der Waals surface area contributed by atoms with Crippen LogP contribution >= 0.6 is 0 Å². The monoisotopic (exact) mass is 247 g/mol. The van der Waals surface area contributed by atoms with E-state index in [4.69, 9.17) is 4.42 Å². The van der Waals surface area contributed by atoms with E-state index in [0.29, 0.717) is 11.6 Å². The van der Waals surface area contributed by atoms with Crippen LogP contribution in [0.5, 0.6) is 0 Å². The molecular formula is C13H17N3O2. The average Bonchev–Trinajstić information content (AvgIpc) is 2.97. The molecule has 0 bridgehead atoms. The second-order valence-corrected chi connectivity index (χ2v) is 4.80. The van der Waals surface area contributed by atoms with E-state index in [1.807, 2.05) is 18.2 Å². The first-order valence-electron chi connectivity index (χ1n) is 6.26. The summed E-state index contributed by atoms with van der Waals surface area (Å²) in [5.41, 5.74) is 2.67. The normalized spacial score (nSPS) is 19.7. The minimum Gasteiger partial charge on any atom is -0.408 e. The summed E-state index contributed by atoms with van der Waals surface area (Å²) in [4.78, 5) is 11.4. The first kappa shape index (κ1) is 11.5. The molecule has 0 spiro atoms. The third kappa shape index (κ3) is 2.07. The van der Waals surface area contributed by atoms with Gasteiger partial charge in [-0.1, -0.05) is 6.07 Å². The maximum Gasteiger partial charge on any atom is 0.419 e. The molecule has 0 radical (unpaired) electrons. The van der Waals surface area contributed by atoms with Crippen LogP contribution in [0.25, 0.3) is 11.1 Å². The number of oxazole rings is 1. The van der Waals surface area contributed by atoms with E-state index in [0.717, 1.165) is 25.2 Å². The molecule has 2 N–H and O–H groups in total. The number of nitrogens with one attached hydrogen (secondary N) is 2. The van der Waals surface area contributed by atoms with Gasteiger partial charge < -0.3 is 15.1 Å². The molecule has 0 aliphatic carbocycles. The quantitative estimate of drug-likeness (QED) is 0.833. The van der Waals surface area contributed by atoms with E-state index in [1.54, 1.807) is 7.05 Å². The van der Waals surface area contributed by atoms with Gasteiger partial charge in [-0.3, -0.25) is 4.57 Å². The number of rotatable bonds is 3. The van der Waals surface area contributed by atoms with Crippen LogP contribution in [0, 0.1) is 0 Å². The highest BCUT2D eigenvalue weighted by Gasteiger charge is 2.13. The predicted molar refractivity (Wildman–Crippen MR) is 69.6 cm³/mol. The van der Waals surface area contributed by atoms with Crippen LogP contribution in [-0.2, 0) is 13.6 Å². The second kappa shape index (κ2) is 4.59. The molecule has 1 atom stereocenters. The first-order chi connectivity index (χ1) is 8.74. The van der Waals surface area contributed by atoms with Gasteiger partial charge in [0.05, 0.1) is 5.52 Å². The van der Waals surface area contributed by atoms with Crippen LogP contribution in [0.4, 0.5) is 0 Å². The van der Waals surface area contributed by atoms with Gasteiger partial charge in [-0.05, 0) is 30.7 Å². The van der Waals surface area contributed by atoms with Gasteiger partial charge >= 0.3 is 5.76 Å². The molecule has 1 aliphatic heterocycles. The first-order valence-corrected chi connectivity index (χ1v) is 6.26. The van der Waals surface area contributed by atoms with Gasteiger partial charge in [-0.2, -0.15) is 0 Å². The lowest BCUT2D eigenvalue weighted by atomic mass is 10.2. The molecule has 1 saturated heterocycles. The summed E-state index contributed by atoms with van der Waals surface area (Å²) in [5, 5.41) is 6.84. The van der Waals surface area contributed by atoms with Crippen molar-refractivity contribution < 1.29 is 4.42 Å². The van der Waals surface area contributed by atoms with Gasteiger partial charge in [-0.25, -0.2) is 4.79 Å². The van der Waals surface area contributed by atoms with Crippen molar-refractivity contribution in [3.05, 3.63) is 34.3 Å². The number of hydrogen-bond donors (Lipinski definition) is 2. The summed E-state index contributed by atoms with van der Waals surface area (Å²) in [6.07, 6.45) is 1.17. The van der Waals surface area contributed by atoms with E-state index in [9.17, 15) is 4.79 Å². The Kier molecular flexibility index (Phi) is 2.93. The van der Waals surface area contributed by atoms with Crippen LogP contribution in [0.3, 0.4) is 0 Å². The second-order valence-electron chi connectivity index (χ2n) is 4.80. The lowest BCUT2D eigenvalue weighted by molar-refractivity contribution is 0.528. The smallest absolute Gasteiger partial charge is 0.408 e. The van der Waals surface area contributed by atoms with Crippen LogP contribution in [0.15, 0.2) is 27.4 Å². The fraction of sp³-hybridized carbons (Fsp3) is 0.462. The number of nitrogens with zero attached hydrogens (tertiary/aromatic N) is 1. The summed E-state index contributed by atoms with van der Waals surface area (Å²) in [7, 11) is 1.73. The van der Waals surface area contributed by atoms with Gasteiger partial charge in [0.2, 0.25) is 0 Å². The molecule has 0 amide bonds. The summed E-state index contributed by atoms with van der Waals surface area (Å²) in [6.45, 7) is 2.95. The highest BCUT2D eigenvalue weighted by Crippen LogP contribution is 2.14. The molecule has 96 valence electrons. The van der Waals surface area contributed by atoms with E-state index in [-0.39, 0.29) is 5.76 Å². The summed E-state index contributed by atoms with van der Waals surface area (Å²) in [6, 6.07) is 6.42. The lowest BCUT2D eigenvalue weighted by Gasteiger charge is -2.10. The van der Waals surface area contributed by atoms with Gasteiger partial charge in [0.1, 0.15) is 0 Å². The summed E-state index contributed by atoms with van der Waals surface area (Å²) >= 11 is 0. The van der Waals surface area contributed by atoms with Gasteiger partial charge in [-0.15, -0.1) is 0 Å². The van der Waals surface area contributed by atoms with Crippen LogP contribution in [-0.4, -0.2) is 23.7 Å². The molecule has 3 rings (SSSR count). The largest absolute Gasteiger partial charge is 0.419 e. The summed E-state index contributed by atoms with van der Waals surface area (Å²) < 4.78 is 6.65. The van der Waals surface area contributed by atoms with Crippen molar-refractivity contribution >= 4 is 11.1 Å². The van der Waals surface area contributed by atoms with E-state index in [2.05, 4.69) is 10.6 Å². The number of fused-ring (bicyclic) bond motifs is 1. The van der Waals surface area contributed by atoms with Crippen LogP contribution in [0.1, 0.15) is 12.0 Å². The molecule has 1 aromatic carbocycles. The zero-order valence-electron chi connectivity index (χ0n) is 10.4. The number of hydrogen-bond acceptors (Lipinski definition) is 4. The molecule has 2 aromatic rings. The van der Waals surface area contributed by atoms with E-state index < -0.39 is 0 Å². The van der Waals surface area contributed by atoms with Crippen molar-refractivity contribution in [1.82, 2.24) is 15.2 Å². The van der Waals surface area contributed by atoms with Crippen LogP contribution in [0.2, 0.25) is 0 Å². The van der Waals surface area contributed by atoms with Crippen molar-refractivity contribution in [2.75, 3.05) is 13.1 Å². The zero-order valence-corrected chi connectivity index (χ0v) is 10.4. The maximum absolute atomic E-state index is 11.4. The Morgan fingerprint density at radius 2 is 2.44 bits per heavy atom. The predicted octanol–water partition coefficient (Wildman–Crippen LogP) is 0.583. The molecule has 1 aliphatic rings. The van der Waals surface area contributed by atoms with Gasteiger partial charge in [0, 0.05) is 26.2 Å². The van der Waals surface area contributed by atoms with Crippen molar-refractivity contribution in [3.63, 3.8) is 0 Å². The molecule has 2 heterocycles. The topological polar surface area (TPSA) is 59.2 Å². The molecule has 5 heteroatoms. The molecule has 1 unspecified atom stereocenters. The molecule has 18 heavy (non-hydrogen) atoms. The van der Waals surface area contributed by atoms with Crippen molar-refractivity contribution in [1.29, 1.82) is 0 Å². The fourth-order valence-corrected chi connectivity index (χ4v) is 2.37. The third-order valence-corrected chi connectivity index (χ3v) is 3.51. The third-order valence-electron chi connectivity index (χ3n) is 3.51. The fourth-order valence-electron chi connectivity index (χ4n) is 2.37. The zero-order chi connectivity index (χ0) is 12.5. The molecule has 5 nitrogen and oxygen atoms in total. The Labute approximate surface area is 105 Å². The van der Waals surface area contributed by atoms with Crippen molar-refractivity contribution in [2.24, 2.45) is 7.05 Å². The highest BCUT2D eigenvalue weighted by molar-refractivity contribution is 5.73. The SMILES string of the molecule is Cn1c(=O)oc2ccc(CNC3CCNC3)cc21. The van der Waals surface area contributed by atoms with Crippen molar-refractivity contribution in [2.45, 2.75) is 19.0 Å². The van der Waals surface area contributed by atoms with E-state index >= 15 is 0 Å². The minimum atomic E-state index is -0.310.